The number of nitrogens with zero attached hydrogens (tertiary/aromatic N) is 1. The molecular formula is C13H13NO2. The smallest absolute Gasteiger partial charge is 0.304 e. The molecule has 0 atom stereocenters. The minimum atomic E-state index is -0.313. The predicted octanol–water partition coefficient (Wildman–Crippen LogP) is 2.46. The molecule has 3 heteroatoms. The Bertz CT molecular complexity index is 492. The fourth-order valence-electron chi connectivity index (χ4n) is 1.83. The van der Waals surface area contributed by atoms with Crippen LogP contribution in [0, 0.1) is 0 Å². The largest absolute Gasteiger partial charge is 0.438 e. The first kappa shape index (κ1) is 9.48. The van der Waals surface area contributed by atoms with E-state index in [-0.39, 0.29) is 6.41 Å². The van der Waals surface area contributed by atoms with Crippen molar-refractivity contribution in [1.82, 2.24) is 4.90 Å². The topological polar surface area (TPSA) is 21.7 Å². The fourth-order valence-corrected chi connectivity index (χ4v) is 1.83. The predicted molar refractivity (Wildman–Crippen MR) is 62.7 cm³/mol. The molecule has 3 nitrogen and oxygen atoms in total. The van der Waals surface area contributed by atoms with Crippen LogP contribution in [0.4, 0.5) is 0 Å². The zero-order chi connectivity index (χ0) is 11.1. The van der Waals surface area contributed by atoms with E-state index in [1.165, 1.54) is 10.8 Å². The summed E-state index contributed by atoms with van der Waals surface area (Å²) in [7, 11) is 3.85. The molecule has 0 spiro atoms. The lowest BCUT2D eigenvalue weighted by Gasteiger charge is -2.16. The van der Waals surface area contributed by atoms with Gasteiger partial charge in [0.05, 0.1) is 0 Å². The molecule has 16 heavy (non-hydrogen) atoms. The lowest BCUT2D eigenvalue weighted by molar-refractivity contribution is -0.0613. The van der Waals surface area contributed by atoms with Crippen molar-refractivity contribution in [3.63, 3.8) is 0 Å². The molecular weight excluding hydrogens is 202 g/mol. The Morgan fingerprint density at radius 1 is 0.938 bits per heavy atom. The first-order valence-corrected chi connectivity index (χ1v) is 5.26. The minimum Gasteiger partial charge on any atom is -0.438 e. The molecule has 82 valence electrons. The first-order chi connectivity index (χ1) is 7.74. The Morgan fingerprint density at radius 2 is 1.44 bits per heavy atom. The highest BCUT2D eigenvalue weighted by molar-refractivity contribution is 5.86. The van der Waals surface area contributed by atoms with E-state index in [1.807, 2.05) is 43.3 Å². The van der Waals surface area contributed by atoms with Crippen LogP contribution in [-0.2, 0) is 0 Å². The molecule has 2 aromatic carbocycles. The quantitative estimate of drug-likeness (QED) is 0.729. The van der Waals surface area contributed by atoms with Crippen molar-refractivity contribution in [2.45, 2.75) is 6.41 Å². The van der Waals surface area contributed by atoms with Gasteiger partial charge in [-0.3, -0.25) is 0 Å². The van der Waals surface area contributed by atoms with Crippen LogP contribution in [-0.4, -0.2) is 25.4 Å². The van der Waals surface area contributed by atoms with E-state index < -0.39 is 0 Å². The number of rotatable bonds is 1. The van der Waals surface area contributed by atoms with Gasteiger partial charge in [-0.15, -0.1) is 0 Å². The van der Waals surface area contributed by atoms with E-state index in [4.69, 9.17) is 9.47 Å². The summed E-state index contributed by atoms with van der Waals surface area (Å²) in [6, 6.07) is 12.2. The van der Waals surface area contributed by atoms with Crippen LogP contribution in [0.1, 0.15) is 0 Å². The molecule has 0 unspecified atom stereocenters. The summed E-state index contributed by atoms with van der Waals surface area (Å²) < 4.78 is 11.4. The molecule has 0 saturated carbocycles. The van der Waals surface area contributed by atoms with Gasteiger partial charge in [0, 0.05) is 0 Å². The summed E-state index contributed by atoms with van der Waals surface area (Å²) >= 11 is 0. The van der Waals surface area contributed by atoms with Crippen LogP contribution in [0.25, 0.3) is 10.8 Å². The molecule has 0 bridgehead atoms. The van der Waals surface area contributed by atoms with Gasteiger partial charge >= 0.3 is 6.41 Å². The number of hydrogen-bond donors (Lipinski definition) is 0. The Morgan fingerprint density at radius 3 is 1.88 bits per heavy atom. The third kappa shape index (κ3) is 1.41. The number of fused-ring (bicyclic) bond motifs is 2. The van der Waals surface area contributed by atoms with E-state index >= 15 is 0 Å². The van der Waals surface area contributed by atoms with Crippen molar-refractivity contribution in [3.8, 4) is 11.5 Å². The SMILES string of the molecule is CN(C)C1Oc2cc3ccccc3cc2O1. The van der Waals surface area contributed by atoms with E-state index in [9.17, 15) is 0 Å². The van der Waals surface area contributed by atoms with Crippen molar-refractivity contribution < 1.29 is 9.47 Å². The molecule has 1 heterocycles. The van der Waals surface area contributed by atoms with Crippen molar-refractivity contribution in [2.24, 2.45) is 0 Å². The molecule has 0 saturated heterocycles. The number of benzene rings is 2. The van der Waals surface area contributed by atoms with Gasteiger partial charge in [-0.2, -0.15) is 0 Å². The van der Waals surface area contributed by atoms with E-state index in [1.54, 1.807) is 0 Å². The Labute approximate surface area is 94.2 Å². The molecule has 3 rings (SSSR count). The van der Waals surface area contributed by atoms with Crippen LogP contribution in [0.15, 0.2) is 36.4 Å². The van der Waals surface area contributed by atoms with Crippen molar-refractivity contribution in [2.75, 3.05) is 14.1 Å². The molecule has 2 aromatic rings. The van der Waals surface area contributed by atoms with Crippen LogP contribution >= 0.6 is 0 Å². The lowest BCUT2D eigenvalue weighted by Crippen LogP contribution is -2.34. The highest BCUT2D eigenvalue weighted by Gasteiger charge is 2.26. The lowest BCUT2D eigenvalue weighted by atomic mass is 10.1. The molecule has 0 aliphatic carbocycles. The molecule has 0 aromatic heterocycles. The van der Waals surface area contributed by atoms with Crippen LogP contribution < -0.4 is 9.47 Å². The zero-order valence-corrected chi connectivity index (χ0v) is 9.31. The average Bonchev–Trinajstić information content (AvgIpc) is 2.68. The minimum absolute atomic E-state index is 0.313. The molecule has 0 radical (unpaired) electrons. The van der Waals surface area contributed by atoms with Gasteiger partial charge in [0.15, 0.2) is 11.5 Å². The van der Waals surface area contributed by atoms with Gasteiger partial charge in [-0.25, -0.2) is 4.90 Å². The van der Waals surface area contributed by atoms with Gasteiger partial charge < -0.3 is 9.47 Å². The summed E-state index contributed by atoms with van der Waals surface area (Å²) in [6.45, 7) is 0. The molecule has 0 amide bonds. The molecule has 0 N–H and O–H groups in total. The van der Waals surface area contributed by atoms with E-state index in [2.05, 4.69) is 12.1 Å². The summed E-state index contributed by atoms with van der Waals surface area (Å²) in [5.41, 5.74) is 0. The third-order valence-electron chi connectivity index (χ3n) is 2.69. The Balaban J connectivity index is 2.08. The molecule has 1 aliphatic heterocycles. The molecule has 0 fully saturated rings. The second-order valence-corrected chi connectivity index (χ2v) is 4.15. The summed E-state index contributed by atoms with van der Waals surface area (Å²) in [6.07, 6.45) is -0.313. The van der Waals surface area contributed by atoms with Crippen molar-refractivity contribution in [1.29, 1.82) is 0 Å². The summed E-state index contributed by atoms with van der Waals surface area (Å²) in [5, 5.41) is 2.34. The van der Waals surface area contributed by atoms with Crippen LogP contribution in [0.2, 0.25) is 0 Å². The Hall–Kier alpha value is -1.74. The number of hydrogen-bond acceptors (Lipinski definition) is 3. The van der Waals surface area contributed by atoms with E-state index in [0.717, 1.165) is 11.5 Å². The maximum Gasteiger partial charge on any atom is 0.304 e. The van der Waals surface area contributed by atoms with Crippen LogP contribution in [0.3, 0.4) is 0 Å². The first-order valence-electron chi connectivity index (χ1n) is 5.26. The van der Waals surface area contributed by atoms with Gasteiger partial charge in [-0.1, -0.05) is 24.3 Å². The second kappa shape index (κ2) is 3.39. The van der Waals surface area contributed by atoms with Gasteiger partial charge in [0.1, 0.15) is 0 Å². The maximum absolute atomic E-state index is 5.68. The number of ether oxygens (including phenoxy) is 2. The monoisotopic (exact) mass is 215 g/mol. The van der Waals surface area contributed by atoms with Gasteiger partial charge in [-0.05, 0) is 37.0 Å². The maximum atomic E-state index is 5.68. The third-order valence-corrected chi connectivity index (χ3v) is 2.69. The van der Waals surface area contributed by atoms with Crippen molar-refractivity contribution >= 4 is 10.8 Å². The highest BCUT2D eigenvalue weighted by Crippen LogP contribution is 2.38. The fraction of sp³-hybridized carbons (Fsp3) is 0.231. The standard InChI is InChI=1S/C13H13NO2/c1-14(2)13-15-11-7-9-5-3-4-6-10(9)8-12(11)16-13/h3-8,13H,1-2H3. The Kier molecular flexibility index (Phi) is 2.01. The van der Waals surface area contributed by atoms with E-state index in [0.29, 0.717) is 0 Å². The second-order valence-electron chi connectivity index (χ2n) is 4.15. The zero-order valence-electron chi connectivity index (χ0n) is 9.31. The van der Waals surface area contributed by atoms with Crippen molar-refractivity contribution in [3.05, 3.63) is 36.4 Å². The summed E-state index contributed by atoms with van der Waals surface area (Å²) in [4.78, 5) is 1.89. The van der Waals surface area contributed by atoms with Crippen LogP contribution in [0.5, 0.6) is 11.5 Å². The average molecular weight is 215 g/mol. The van der Waals surface area contributed by atoms with Gasteiger partial charge in [0.2, 0.25) is 0 Å². The molecule has 1 aliphatic rings. The summed E-state index contributed by atoms with van der Waals surface area (Å²) in [5.74, 6) is 1.63. The highest BCUT2D eigenvalue weighted by atomic mass is 16.7. The normalized spacial score (nSPS) is 14.9. The van der Waals surface area contributed by atoms with Gasteiger partial charge in [0.25, 0.3) is 0 Å².